The summed E-state index contributed by atoms with van der Waals surface area (Å²) in [5.74, 6) is 0.229. The molecule has 0 spiro atoms. The SMILES string of the molecule is CS(=O)(=O)C1(C(=O)Nc2ccc(OCC3CCCO3)cc2)CCNCC1.Cl. The summed E-state index contributed by atoms with van der Waals surface area (Å²) in [7, 11) is -3.52. The fraction of sp³-hybridized carbons (Fsp3) is 0.611. The molecule has 0 aromatic heterocycles. The molecule has 0 aliphatic carbocycles. The number of carbonyl (C=O) groups is 1. The van der Waals surface area contributed by atoms with E-state index in [1.165, 1.54) is 0 Å². The van der Waals surface area contributed by atoms with Gasteiger partial charge in [-0.3, -0.25) is 4.79 Å². The number of anilines is 1. The molecule has 2 saturated heterocycles. The van der Waals surface area contributed by atoms with Crippen LogP contribution in [0.25, 0.3) is 0 Å². The molecule has 2 N–H and O–H groups in total. The zero-order chi connectivity index (χ0) is 18.6. The van der Waals surface area contributed by atoms with Gasteiger partial charge in [0.25, 0.3) is 0 Å². The second-order valence-corrected chi connectivity index (χ2v) is 9.27. The molecule has 1 aromatic rings. The Balaban J connectivity index is 0.00000261. The van der Waals surface area contributed by atoms with Crippen LogP contribution in [0, 0.1) is 0 Å². The quantitative estimate of drug-likeness (QED) is 0.731. The van der Waals surface area contributed by atoms with Crippen LogP contribution in [0.4, 0.5) is 5.69 Å². The second-order valence-electron chi connectivity index (χ2n) is 6.94. The summed E-state index contributed by atoms with van der Waals surface area (Å²) in [6.07, 6.45) is 3.91. The lowest BCUT2D eigenvalue weighted by Gasteiger charge is -2.34. The van der Waals surface area contributed by atoms with Gasteiger partial charge < -0.3 is 20.1 Å². The van der Waals surface area contributed by atoms with E-state index in [1.807, 2.05) is 0 Å². The van der Waals surface area contributed by atoms with Crippen molar-refractivity contribution in [1.29, 1.82) is 0 Å². The third-order valence-corrected chi connectivity index (χ3v) is 7.12. The molecule has 1 aromatic carbocycles. The number of sulfone groups is 1. The zero-order valence-electron chi connectivity index (χ0n) is 15.4. The summed E-state index contributed by atoms with van der Waals surface area (Å²) in [5, 5.41) is 5.86. The molecule has 7 nitrogen and oxygen atoms in total. The van der Waals surface area contributed by atoms with Crippen molar-refractivity contribution in [2.75, 3.05) is 37.9 Å². The number of halogens is 1. The smallest absolute Gasteiger partial charge is 0.245 e. The molecule has 1 atom stereocenters. The molecule has 0 radical (unpaired) electrons. The molecular weight excluding hydrogens is 392 g/mol. The van der Waals surface area contributed by atoms with Crippen LogP contribution in [0.3, 0.4) is 0 Å². The Morgan fingerprint density at radius 3 is 2.52 bits per heavy atom. The second kappa shape index (κ2) is 9.23. The molecule has 2 aliphatic rings. The Bertz CT molecular complexity index is 727. The molecular formula is C18H27ClN2O5S. The van der Waals surface area contributed by atoms with Gasteiger partial charge in [0.15, 0.2) is 14.6 Å². The molecule has 9 heteroatoms. The summed E-state index contributed by atoms with van der Waals surface area (Å²) >= 11 is 0. The molecule has 1 unspecified atom stereocenters. The lowest BCUT2D eigenvalue weighted by Crippen LogP contribution is -2.55. The van der Waals surface area contributed by atoms with E-state index < -0.39 is 20.5 Å². The summed E-state index contributed by atoms with van der Waals surface area (Å²) in [5.41, 5.74) is 0.557. The van der Waals surface area contributed by atoms with Gasteiger partial charge in [0.1, 0.15) is 12.4 Å². The van der Waals surface area contributed by atoms with E-state index in [0.29, 0.717) is 31.1 Å². The summed E-state index contributed by atoms with van der Waals surface area (Å²) < 4.78 is 34.4. The number of piperidine rings is 1. The highest BCUT2D eigenvalue weighted by molar-refractivity contribution is 7.92. The van der Waals surface area contributed by atoms with E-state index >= 15 is 0 Å². The lowest BCUT2D eigenvalue weighted by molar-refractivity contribution is -0.119. The fourth-order valence-electron chi connectivity index (χ4n) is 3.44. The van der Waals surface area contributed by atoms with E-state index in [4.69, 9.17) is 9.47 Å². The maximum absolute atomic E-state index is 12.8. The van der Waals surface area contributed by atoms with Gasteiger partial charge >= 0.3 is 0 Å². The maximum atomic E-state index is 12.8. The molecule has 2 aliphatic heterocycles. The Morgan fingerprint density at radius 1 is 1.30 bits per heavy atom. The first kappa shape index (κ1) is 21.9. The van der Waals surface area contributed by atoms with E-state index in [1.54, 1.807) is 24.3 Å². The third kappa shape index (κ3) is 5.13. The molecule has 0 bridgehead atoms. The first-order valence-electron chi connectivity index (χ1n) is 8.97. The first-order chi connectivity index (χ1) is 12.4. The number of carbonyl (C=O) groups excluding carboxylic acids is 1. The van der Waals surface area contributed by atoms with Crippen molar-refractivity contribution in [3.8, 4) is 5.75 Å². The monoisotopic (exact) mass is 418 g/mol. The van der Waals surface area contributed by atoms with E-state index in [0.717, 1.165) is 25.7 Å². The lowest BCUT2D eigenvalue weighted by atomic mass is 9.95. The molecule has 2 heterocycles. The van der Waals surface area contributed by atoms with Crippen molar-refractivity contribution in [3.63, 3.8) is 0 Å². The van der Waals surface area contributed by atoms with Gasteiger partial charge in [-0.2, -0.15) is 0 Å². The van der Waals surface area contributed by atoms with Crippen LogP contribution in [-0.2, 0) is 19.4 Å². The van der Waals surface area contributed by atoms with Crippen LogP contribution in [-0.4, -0.2) is 57.7 Å². The molecule has 0 saturated carbocycles. The van der Waals surface area contributed by atoms with Crippen LogP contribution in [0.1, 0.15) is 25.7 Å². The Labute approximate surface area is 166 Å². The summed E-state index contributed by atoms with van der Waals surface area (Å²) in [6, 6.07) is 6.97. The first-order valence-corrected chi connectivity index (χ1v) is 10.9. The molecule has 3 rings (SSSR count). The van der Waals surface area contributed by atoms with Crippen LogP contribution in [0.2, 0.25) is 0 Å². The van der Waals surface area contributed by atoms with Gasteiger partial charge in [0, 0.05) is 18.6 Å². The van der Waals surface area contributed by atoms with Crippen molar-refractivity contribution in [2.24, 2.45) is 0 Å². The summed E-state index contributed by atoms with van der Waals surface area (Å²) in [4.78, 5) is 12.8. The van der Waals surface area contributed by atoms with E-state index in [-0.39, 0.29) is 31.4 Å². The minimum Gasteiger partial charge on any atom is -0.491 e. The van der Waals surface area contributed by atoms with Crippen molar-refractivity contribution in [1.82, 2.24) is 5.32 Å². The van der Waals surface area contributed by atoms with E-state index in [2.05, 4.69) is 10.6 Å². The van der Waals surface area contributed by atoms with Gasteiger partial charge in [0.2, 0.25) is 5.91 Å². The highest BCUT2D eigenvalue weighted by Crippen LogP contribution is 2.29. The highest BCUT2D eigenvalue weighted by Gasteiger charge is 2.48. The Morgan fingerprint density at radius 2 is 1.96 bits per heavy atom. The van der Waals surface area contributed by atoms with Gasteiger partial charge in [-0.25, -0.2) is 8.42 Å². The van der Waals surface area contributed by atoms with Crippen molar-refractivity contribution >= 4 is 33.8 Å². The number of benzene rings is 1. The zero-order valence-corrected chi connectivity index (χ0v) is 17.0. The minimum atomic E-state index is -3.52. The third-order valence-electron chi connectivity index (χ3n) is 5.11. The standard InChI is InChI=1S/C18H26N2O5S.ClH/c1-26(22,23)18(8-10-19-11-9-18)17(21)20-14-4-6-15(7-5-14)25-13-16-3-2-12-24-16;/h4-7,16,19H,2-3,8-13H2,1H3,(H,20,21);1H. The number of ether oxygens (including phenoxy) is 2. The van der Waals surface area contributed by atoms with Crippen molar-refractivity contribution < 1.29 is 22.7 Å². The molecule has 27 heavy (non-hydrogen) atoms. The average Bonchev–Trinajstić information content (AvgIpc) is 3.14. The van der Waals surface area contributed by atoms with Crippen LogP contribution < -0.4 is 15.4 Å². The Hall–Kier alpha value is -1.35. The predicted molar refractivity (Wildman–Crippen MR) is 106 cm³/mol. The molecule has 1 amide bonds. The van der Waals surface area contributed by atoms with Crippen molar-refractivity contribution in [2.45, 2.75) is 36.5 Å². The molecule has 2 fully saturated rings. The largest absolute Gasteiger partial charge is 0.491 e. The predicted octanol–water partition coefficient (Wildman–Crippen LogP) is 1.77. The maximum Gasteiger partial charge on any atom is 0.245 e. The number of rotatable bonds is 6. The van der Waals surface area contributed by atoms with Crippen LogP contribution in [0.15, 0.2) is 24.3 Å². The van der Waals surface area contributed by atoms with Crippen LogP contribution >= 0.6 is 12.4 Å². The van der Waals surface area contributed by atoms with Gasteiger partial charge in [-0.05, 0) is 63.0 Å². The van der Waals surface area contributed by atoms with Crippen molar-refractivity contribution in [3.05, 3.63) is 24.3 Å². The Kier molecular flexibility index (Phi) is 7.50. The highest BCUT2D eigenvalue weighted by atomic mass is 35.5. The summed E-state index contributed by atoms with van der Waals surface area (Å²) in [6.45, 7) is 2.32. The van der Waals surface area contributed by atoms with Gasteiger partial charge in [-0.1, -0.05) is 0 Å². The molecule has 152 valence electrons. The van der Waals surface area contributed by atoms with Crippen LogP contribution in [0.5, 0.6) is 5.75 Å². The van der Waals surface area contributed by atoms with E-state index in [9.17, 15) is 13.2 Å². The number of nitrogens with one attached hydrogen (secondary N) is 2. The van der Waals surface area contributed by atoms with Gasteiger partial charge in [-0.15, -0.1) is 12.4 Å². The number of hydrogen-bond acceptors (Lipinski definition) is 6. The van der Waals surface area contributed by atoms with Gasteiger partial charge in [0.05, 0.1) is 6.10 Å². The fourth-order valence-corrected chi connectivity index (χ4v) is 4.77. The average molecular weight is 419 g/mol. The number of amides is 1. The number of hydrogen-bond donors (Lipinski definition) is 2. The topological polar surface area (TPSA) is 93.7 Å². The normalized spacial score (nSPS) is 21.9. The minimum absolute atomic E-state index is 0.